The van der Waals surface area contributed by atoms with Crippen molar-refractivity contribution in [1.82, 2.24) is 0 Å². The Bertz CT molecular complexity index is 168. The Balaban J connectivity index is 2.55. The van der Waals surface area contributed by atoms with Gasteiger partial charge < -0.3 is 5.73 Å². The second kappa shape index (κ2) is 4.70. The summed E-state index contributed by atoms with van der Waals surface area (Å²) < 4.78 is 1.07. The molecule has 1 aliphatic carbocycles. The number of hydrogen-bond donors (Lipinski definition) is 1. The van der Waals surface area contributed by atoms with Gasteiger partial charge in [0.15, 0.2) is 13.6 Å². The van der Waals surface area contributed by atoms with E-state index in [0.29, 0.717) is 13.1 Å². The maximum atomic E-state index is 11.1. The number of hydrogen-bond acceptors (Lipinski definition) is 2. The number of nitrogens with zero attached hydrogens (tertiary/aromatic N) is 1. The van der Waals surface area contributed by atoms with Crippen LogP contribution in [-0.2, 0) is 0 Å². The molecule has 2 N–H and O–H groups in total. The minimum atomic E-state index is 0.240. The van der Waals surface area contributed by atoms with E-state index in [0.717, 1.165) is 11.2 Å². The highest BCUT2D eigenvalue weighted by atomic mass is 16.3. The van der Waals surface area contributed by atoms with Gasteiger partial charge in [-0.1, -0.05) is 19.3 Å². The summed E-state index contributed by atoms with van der Waals surface area (Å²) in [5.41, 5.74) is 5.84. The molecule has 0 spiro atoms. The zero-order valence-corrected chi connectivity index (χ0v) is 8.59. The van der Waals surface area contributed by atoms with E-state index < -0.39 is 0 Å². The van der Waals surface area contributed by atoms with E-state index in [2.05, 4.69) is 0 Å². The van der Waals surface area contributed by atoms with Crippen LogP contribution in [0.25, 0.3) is 0 Å². The van der Waals surface area contributed by atoms with Crippen molar-refractivity contribution in [3.8, 4) is 0 Å². The fourth-order valence-corrected chi connectivity index (χ4v) is 2.57. The largest absolute Gasteiger partial charge is 0.330 e. The Morgan fingerprint density at radius 3 is 2.38 bits per heavy atom. The molecule has 1 fully saturated rings. The van der Waals surface area contributed by atoms with E-state index in [1.807, 2.05) is 0 Å². The standard InChI is InChI=1S/C10H21N2O/c1-12(13)9-10(7-8-11)5-3-2-4-6-10/h2-9,11H2,1H3/q+1. The van der Waals surface area contributed by atoms with Crippen molar-refractivity contribution in [3.63, 3.8) is 0 Å². The maximum absolute atomic E-state index is 11.1. The molecule has 0 aromatic carbocycles. The van der Waals surface area contributed by atoms with Crippen LogP contribution < -0.4 is 5.73 Å². The van der Waals surface area contributed by atoms with Gasteiger partial charge in [0.1, 0.15) is 0 Å². The average Bonchev–Trinajstić information content (AvgIpc) is 2.04. The van der Waals surface area contributed by atoms with Gasteiger partial charge in [0.25, 0.3) is 0 Å². The van der Waals surface area contributed by atoms with Crippen molar-refractivity contribution in [2.45, 2.75) is 38.5 Å². The predicted octanol–water partition coefficient (Wildman–Crippen LogP) is 1.69. The van der Waals surface area contributed by atoms with Crippen LogP contribution in [0.3, 0.4) is 0 Å². The minimum Gasteiger partial charge on any atom is -0.330 e. The third kappa shape index (κ3) is 3.07. The molecule has 0 aliphatic heterocycles. The molecular formula is C10H21N2O+. The summed E-state index contributed by atoms with van der Waals surface area (Å²) in [4.78, 5) is 11.1. The first-order valence-corrected chi connectivity index (χ1v) is 5.27. The molecule has 0 unspecified atom stereocenters. The summed E-state index contributed by atoms with van der Waals surface area (Å²) in [6.45, 7) is 1.39. The lowest BCUT2D eigenvalue weighted by Crippen LogP contribution is -2.34. The van der Waals surface area contributed by atoms with Crippen LogP contribution in [0.1, 0.15) is 38.5 Å². The van der Waals surface area contributed by atoms with Gasteiger partial charge in [-0.15, -0.1) is 0 Å². The second-order valence-electron chi connectivity index (χ2n) is 4.39. The normalized spacial score (nSPS) is 21.4. The summed E-state index contributed by atoms with van der Waals surface area (Å²) in [7, 11) is 1.62. The lowest BCUT2D eigenvalue weighted by Gasteiger charge is -2.33. The Morgan fingerprint density at radius 1 is 1.31 bits per heavy atom. The predicted molar refractivity (Wildman–Crippen MR) is 53.6 cm³/mol. The summed E-state index contributed by atoms with van der Waals surface area (Å²) in [6, 6.07) is 0. The van der Waals surface area contributed by atoms with Gasteiger partial charge in [-0.05, 0) is 30.6 Å². The van der Waals surface area contributed by atoms with Crippen LogP contribution in [0.5, 0.6) is 0 Å². The molecule has 0 bridgehead atoms. The van der Waals surface area contributed by atoms with Crippen molar-refractivity contribution in [3.05, 3.63) is 4.91 Å². The van der Waals surface area contributed by atoms with E-state index in [1.165, 1.54) is 32.1 Å². The van der Waals surface area contributed by atoms with Crippen LogP contribution in [0, 0.1) is 10.3 Å². The van der Waals surface area contributed by atoms with E-state index in [-0.39, 0.29) is 5.41 Å². The lowest BCUT2D eigenvalue weighted by molar-refractivity contribution is -0.536. The molecule has 0 atom stereocenters. The van der Waals surface area contributed by atoms with Crippen LogP contribution >= 0.6 is 0 Å². The maximum Gasteiger partial charge on any atom is 0.197 e. The molecule has 1 aliphatic rings. The molecule has 0 radical (unpaired) electrons. The number of nitroso groups, excluding NO2 is 1. The zero-order chi connectivity index (χ0) is 9.73. The van der Waals surface area contributed by atoms with Gasteiger partial charge >= 0.3 is 0 Å². The lowest BCUT2D eigenvalue weighted by atomic mass is 9.72. The zero-order valence-electron chi connectivity index (χ0n) is 8.59. The van der Waals surface area contributed by atoms with Gasteiger partial charge in [0, 0.05) is 10.3 Å². The molecule has 0 aromatic heterocycles. The van der Waals surface area contributed by atoms with Gasteiger partial charge in [0.2, 0.25) is 0 Å². The van der Waals surface area contributed by atoms with E-state index in [4.69, 9.17) is 5.73 Å². The second-order valence-corrected chi connectivity index (χ2v) is 4.39. The van der Waals surface area contributed by atoms with E-state index in [1.54, 1.807) is 7.05 Å². The summed E-state index contributed by atoms with van der Waals surface area (Å²) >= 11 is 0. The van der Waals surface area contributed by atoms with Crippen LogP contribution in [0.15, 0.2) is 0 Å². The first-order valence-electron chi connectivity index (χ1n) is 5.27. The van der Waals surface area contributed by atoms with E-state index in [9.17, 15) is 4.91 Å². The van der Waals surface area contributed by atoms with Crippen molar-refractivity contribution >= 4 is 0 Å². The van der Waals surface area contributed by atoms with Crippen molar-refractivity contribution < 1.29 is 4.76 Å². The SMILES string of the molecule is C[N+](=O)CC1(CCN)CCCCC1. The number of rotatable bonds is 4. The molecule has 0 heterocycles. The minimum absolute atomic E-state index is 0.240. The van der Waals surface area contributed by atoms with Crippen molar-refractivity contribution in [2.24, 2.45) is 11.1 Å². The first kappa shape index (κ1) is 10.6. The molecule has 0 aromatic rings. The van der Waals surface area contributed by atoms with Gasteiger partial charge in [-0.25, -0.2) is 0 Å². The monoisotopic (exact) mass is 185 g/mol. The smallest absolute Gasteiger partial charge is 0.197 e. The summed E-state index contributed by atoms with van der Waals surface area (Å²) in [5.74, 6) is 0. The van der Waals surface area contributed by atoms with E-state index >= 15 is 0 Å². The number of nitrogens with two attached hydrogens (primary N) is 1. The van der Waals surface area contributed by atoms with Crippen LogP contribution in [-0.4, -0.2) is 24.9 Å². The highest BCUT2D eigenvalue weighted by Gasteiger charge is 2.36. The molecule has 1 rings (SSSR count). The molecule has 3 nitrogen and oxygen atoms in total. The first-order chi connectivity index (χ1) is 6.18. The molecule has 0 amide bonds. The Hall–Kier alpha value is -0.440. The summed E-state index contributed by atoms with van der Waals surface area (Å²) in [5, 5.41) is 0. The molecule has 13 heavy (non-hydrogen) atoms. The molecular weight excluding hydrogens is 164 g/mol. The van der Waals surface area contributed by atoms with Crippen molar-refractivity contribution in [1.29, 1.82) is 0 Å². The Labute approximate surface area is 80.3 Å². The summed E-state index contributed by atoms with van der Waals surface area (Å²) in [6.07, 6.45) is 7.27. The molecule has 1 saturated carbocycles. The molecule has 0 saturated heterocycles. The fourth-order valence-electron chi connectivity index (χ4n) is 2.57. The Kier molecular flexibility index (Phi) is 3.85. The Morgan fingerprint density at radius 2 is 1.92 bits per heavy atom. The fraction of sp³-hybridized carbons (Fsp3) is 1.00. The average molecular weight is 185 g/mol. The van der Waals surface area contributed by atoms with Crippen LogP contribution in [0.2, 0.25) is 0 Å². The topological polar surface area (TPSA) is 46.1 Å². The molecule has 3 heteroatoms. The quantitative estimate of drug-likeness (QED) is 0.677. The van der Waals surface area contributed by atoms with Gasteiger partial charge in [-0.3, -0.25) is 0 Å². The van der Waals surface area contributed by atoms with Gasteiger partial charge in [0.05, 0.1) is 0 Å². The highest BCUT2D eigenvalue weighted by molar-refractivity contribution is 4.82. The van der Waals surface area contributed by atoms with Gasteiger partial charge in [-0.2, -0.15) is 0 Å². The van der Waals surface area contributed by atoms with Crippen LogP contribution in [0.4, 0.5) is 0 Å². The van der Waals surface area contributed by atoms with Crippen molar-refractivity contribution in [2.75, 3.05) is 20.1 Å². The highest BCUT2D eigenvalue weighted by Crippen LogP contribution is 2.38. The third-order valence-corrected chi connectivity index (χ3v) is 3.15. The third-order valence-electron chi connectivity index (χ3n) is 3.15. The molecule has 76 valence electrons.